The molecule has 2 rings (SSSR count). The van der Waals surface area contributed by atoms with Crippen molar-refractivity contribution in [3.8, 4) is 5.75 Å². The predicted molar refractivity (Wildman–Crippen MR) is 167 cm³/mol. The van der Waals surface area contributed by atoms with E-state index in [1.165, 1.54) is 83.1 Å². The molecule has 0 aliphatic carbocycles. The number of likely N-dealkylation sites (tertiary alicyclic amines) is 1. The number of hydrogen-bond donors (Lipinski definition) is 6. The number of aromatic hydroxyl groups is 1. The number of nitrogens with one attached hydrogen (secondary N) is 1. The highest BCUT2D eigenvalue weighted by atomic mass is 16.3. The van der Waals surface area contributed by atoms with Gasteiger partial charge in [0.1, 0.15) is 5.75 Å². The average Bonchev–Trinajstić information content (AvgIpc) is 3.12. The standard InChI is InChI=1S/C18H35NO.C13H21NO3.CH4N2O/c1-2-3-4-5-6-7-8-9-10-13-16-19-17-14-11-12-15-18(19)20;1-13(2,3)14-7-12(17)9-4-5-11(16)10(6-9)8-15;2-1(3)4/h2-17H2,1H3;4-6,12,14-17H,7-8H2,1-3H3;(H4,2,3,4). The van der Waals surface area contributed by atoms with Gasteiger partial charge >= 0.3 is 6.03 Å². The van der Waals surface area contributed by atoms with Crippen LogP contribution in [-0.2, 0) is 11.4 Å². The van der Waals surface area contributed by atoms with Gasteiger partial charge in [0.25, 0.3) is 0 Å². The van der Waals surface area contributed by atoms with Crippen LogP contribution in [0.1, 0.15) is 135 Å². The number of urea groups is 1. The number of rotatable bonds is 15. The lowest BCUT2D eigenvalue weighted by atomic mass is 10.0. The van der Waals surface area contributed by atoms with Gasteiger partial charge in [-0.05, 0) is 57.7 Å². The zero-order valence-corrected chi connectivity index (χ0v) is 26.3. The molecule has 1 saturated heterocycles. The first-order valence-electron chi connectivity index (χ1n) is 15.6. The Balaban J connectivity index is 0.000000697. The Labute approximate surface area is 249 Å². The molecule has 9 nitrogen and oxygen atoms in total. The molecule has 1 aromatic rings. The Morgan fingerprint density at radius 1 is 0.976 bits per heavy atom. The maximum atomic E-state index is 11.8. The molecular formula is C32H60N4O5. The molecule has 1 aliphatic rings. The minimum absolute atomic E-state index is 0.0484. The second kappa shape index (κ2) is 23.2. The van der Waals surface area contributed by atoms with Gasteiger partial charge in [-0.3, -0.25) is 4.79 Å². The van der Waals surface area contributed by atoms with Crippen molar-refractivity contribution < 1.29 is 24.9 Å². The number of aliphatic hydroxyl groups excluding tert-OH is 2. The van der Waals surface area contributed by atoms with E-state index in [2.05, 4.69) is 28.6 Å². The molecule has 1 fully saturated rings. The van der Waals surface area contributed by atoms with Crippen molar-refractivity contribution in [1.29, 1.82) is 0 Å². The molecule has 0 bridgehead atoms. The molecule has 1 aliphatic heterocycles. The third-order valence-corrected chi connectivity index (χ3v) is 6.94. The monoisotopic (exact) mass is 580 g/mol. The van der Waals surface area contributed by atoms with Gasteiger partial charge in [-0.25, -0.2) is 4.79 Å². The lowest BCUT2D eigenvalue weighted by Gasteiger charge is -2.23. The van der Waals surface area contributed by atoms with Gasteiger partial charge in [-0.1, -0.05) is 77.2 Å². The number of hydrogen-bond acceptors (Lipinski definition) is 6. The Hall–Kier alpha value is -2.36. The molecule has 1 aromatic carbocycles. The maximum absolute atomic E-state index is 11.8. The molecule has 8 N–H and O–H groups in total. The van der Waals surface area contributed by atoms with Crippen LogP contribution in [0.3, 0.4) is 0 Å². The van der Waals surface area contributed by atoms with E-state index in [0.717, 1.165) is 25.9 Å². The minimum atomic E-state index is -0.833. The summed E-state index contributed by atoms with van der Waals surface area (Å²) in [5, 5.41) is 31.6. The molecule has 1 unspecified atom stereocenters. The third-order valence-electron chi connectivity index (χ3n) is 6.94. The van der Waals surface area contributed by atoms with Crippen LogP contribution in [0.2, 0.25) is 0 Å². The van der Waals surface area contributed by atoms with Crippen molar-refractivity contribution in [2.75, 3.05) is 19.6 Å². The van der Waals surface area contributed by atoms with Crippen LogP contribution < -0.4 is 16.8 Å². The highest BCUT2D eigenvalue weighted by Crippen LogP contribution is 2.22. The first-order valence-corrected chi connectivity index (χ1v) is 15.6. The summed E-state index contributed by atoms with van der Waals surface area (Å²) in [5.74, 6) is 0.450. The first-order chi connectivity index (χ1) is 19.4. The van der Waals surface area contributed by atoms with Gasteiger partial charge in [0, 0.05) is 37.2 Å². The summed E-state index contributed by atoms with van der Waals surface area (Å²) < 4.78 is 0. The van der Waals surface area contributed by atoms with Crippen molar-refractivity contribution in [2.24, 2.45) is 11.5 Å². The Morgan fingerprint density at radius 3 is 2.07 bits per heavy atom. The van der Waals surface area contributed by atoms with E-state index in [1.807, 2.05) is 20.8 Å². The number of aliphatic hydroxyl groups is 2. The van der Waals surface area contributed by atoms with E-state index in [0.29, 0.717) is 23.6 Å². The van der Waals surface area contributed by atoms with Crippen LogP contribution >= 0.6 is 0 Å². The molecule has 1 atom stereocenters. The highest BCUT2D eigenvalue weighted by Gasteiger charge is 2.16. The Bertz CT molecular complexity index is 825. The van der Waals surface area contributed by atoms with Crippen molar-refractivity contribution in [1.82, 2.24) is 10.2 Å². The number of phenols is 1. The zero-order chi connectivity index (χ0) is 31.1. The molecule has 0 saturated carbocycles. The van der Waals surface area contributed by atoms with E-state index in [-0.39, 0.29) is 17.9 Å². The van der Waals surface area contributed by atoms with Crippen LogP contribution in [0, 0.1) is 0 Å². The van der Waals surface area contributed by atoms with Crippen LogP contribution in [-0.4, -0.2) is 57.3 Å². The molecule has 41 heavy (non-hydrogen) atoms. The maximum Gasteiger partial charge on any atom is 0.309 e. The van der Waals surface area contributed by atoms with Gasteiger partial charge < -0.3 is 37.0 Å². The van der Waals surface area contributed by atoms with Crippen molar-refractivity contribution in [3.05, 3.63) is 29.3 Å². The highest BCUT2D eigenvalue weighted by molar-refractivity contribution is 5.76. The number of carbonyl (C=O) groups excluding carboxylic acids is 2. The number of primary amides is 2. The van der Waals surface area contributed by atoms with Gasteiger partial charge in [0.15, 0.2) is 0 Å². The number of carbonyl (C=O) groups is 2. The molecule has 0 spiro atoms. The van der Waals surface area contributed by atoms with Gasteiger partial charge in [0.05, 0.1) is 12.7 Å². The smallest absolute Gasteiger partial charge is 0.309 e. The van der Waals surface area contributed by atoms with Crippen molar-refractivity contribution in [3.63, 3.8) is 0 Å². The van der Waals surface area contributed by atoms with Crippen LogP contribution in [0.5, 0.6) is 5.75 Å². The normalized spacial score (nSPS) is 14.3. The number of benzene rings is 1. The van der Waals surface area contributed by atoms with Crippen LogP contribution in [0.25, 0.3) is 0 Å². The van der Waals surface area contributed by atoms with Crippen molar-refractivity contribution >= 4 is 11.9 Å². The summed E-state index contributed by atoms with van der Waals surface area (Å²) in [4.78, 5) is 22.9. The quantitative estimate of drug-likeness (QED) is 0.147. The summed E-state index contributed by atoms with van der Waals surface area (Å²) in [6.45, 7) is 10.6. The second-order valence-corrected chi connectivity index (χ2v) is 12.0. The topological polar surface area (TPSA) is 162 Å². The number of amides is 3. The van der Waals surface area contributed by atoms with E-state index in [9.17, 15) is 15.0 Å². The number of unbranched alkanes of at least 4 members (excludes halogenated alkanes) is 9. The van der Waals surface area contributed by atoms with Gasteiger partial charge in [-0.2, -0.15) is 0 Å². The molecule has 1 heterocycles. The number of nitrogens with two attached hydrogens (primary N) is 2. The Kier molecular flexibility index (Phi) is 21.9. The fraction of sp³-hybridized carbons (Fsp3) is 0.750. The first kappa shape index (κ1) is 38.6. The van der Waals surface area contributed by atoms with E-state index < -0.39 is 12.1 Å². The lowest BCUT2D eigenvalue weighted by molar-refractivity contribution is -0.130. The van der Waals surface area contributed by atoms with Crippen LogP contribution in [0.4, 0.5) is 4.79 Å². The van der Waals surface area contributed by atoms with Gasteiger partial charge in [-0.15, -0.1) is 0 Å². The lowest BCUT2D eigenvalue weighted by Crippen LogP contribution is -2.38. The zero-order valence-electron chi connectivity index (χ0n) is 26.3. The van der Waals surface area contributed by atoms with Crippen molar-refractivity contribution in [2.45, 2.75) is 136 Å². The predicted octanol–water partition coefficient (Wildman–Crippen LogP) is 5.64. The Morgan fingerprint density at radius 2 is 1.54 bits per heavy atom. The molecular weight excluding hydrogens is 520 g/mol. The summed E-state index contributed by atoms with van der Waals surface area (Å²) in [6.07, 6.45) is 17.4. The fourth-order valence-electron chi connectivity index (χ4n) is 4.53. The third kappa shape index (κ3) is 22.0. The number of β-amino-alcohol motifs (C(OH)–C–C–N with tert-alkyl or cyclic N) is 1. The van der Waals surface area contributed by atoms with Gasteiger partial charge in [0.2, 0.25) is 5.91 Å². The SMILES string of the molecule is CC(C)(C)NCC(O)c1ccc(O)c(CO)c1.CCCCCCCCCCCCN1CCCCCC1=O.NC(N)=O. The average molecular weight is 581 g/mol. The summed E-state index contributed by atoms with van der Waals surface area (Å²) >= 11 is 0. The molecule has 238 valence electrons. The van der Waals surface area contributed by atoms with E-state index in [4.69, 9.17) is 9.90 Å². The molecule has 0 radical (unpaired) electrons. The number of nitrogens with zero attached hydrogens (tertiary/aromatic N) is 1. The summed E-state index contributed by atoms with van der Waals surface area (Å²) in [6, 6.07) is 3.93. The summed E-state index contributed by atoms with van der Waals surface area (Å²) in [7, 11) is 0. The molecule has 3 amide bonds. The summed E-state index contributed by atoms with van der Waals surface area (Å²) in [5.41, 5.74) is 9.55. The second-order valence-electron chi connectivity index (χ2n) is 12.0. The van der Waals surface area contributed by atoms with E-state index >= 15 is 0 Å². The minimum Gasteiger partial charge on any atom is -0.508 e. The van der Waals surface area contributed by atoms with Crippen LogP contribution in [0.15, 0.2) is 18.2 Å². The molecule has 9 heteroatoms. The fourth-order valence-corrected chi connectivity index (χ4v) is 4.53. The van der Waals surface area contributed by atoms with E-state index in [1.54, 1.807) is 12.1 Å². The largest absolute Gasteiger partial charge is 0.508 e. The molecule has 0 aromatic heterocycles.